The topological polar surface area (TPSA) is 0 Å². The molecule has 26 valence electrons. The van der Waals surface area contributed by atoms with Crippen molar-refractivity contribution in [3.05, 3.63) is 0 Å². The number of hydrogen-bond acceptors (Lipinski definition) is 0. The Morgan fingerprint density at radius 1 is 0.500 bits per heavy atom. The van der Waals surface area contributed by atoms with Gasteiger partial charge in [0, 0.05) is 41.7 Å². The molecule has 0 saturated carbocycles. The first-order valence-corrected chi connectivity index (χ1v) is 0. The molecule has 6 heteroatoms. The standard InChI is InChI=1S/Ce.2ClH.3Na.3H/h;2*1H;;;;;;. The Morgan fingerprint density at radius 3 is 0.500 bits per heavy atom. The van der Waals surface area contributed by atoms with E-state index in [2.05, 4.69) is 0 Å². The summed E-state index contributed by atoms with van der Waals surface area (Å²) in [7, 11) is 0. The maximum absolute atomic E-state index is 0. The Bertz CT molecular complexity index is 8.75. The first kappa shape index (κ1) is 44.2. The van der Waals surface area contributed by atoms with E-state index in [9.17, 15) is 0 Å². The molecule has 0 aromatic heterocycles. The molecule has 0 fully saturated rings. The maximum atomic E-state index is 0. The molecule has 0 bridgehead atoms. The van der Waals surface area contributed by atoms with Crippen molar-refractivity contribution < 1.29 is 41.7 Å². The van der Waals surface area contributed by atoms with Crippen molar-refractivity contribution in [3.8, 4) is 0 Å². The molecule has 0 aliphatic carbocycles. The van der Waals surface area contributed by atoms with Crippen molar-refractivity contribution in [2.24, 2.45) is 0 Å². The number of hydrogen-bond donors (Lipinski definition) is 0. The molecule has 0 radical (unpaired) electrons. The molecule has 0 unspecified atom stereocenters. The summed E-state index contributed by atoms with van der Waals surface area (Å²) in [5, 5.41) is 0. The van der Waals surface area contributed by atoms with Crippen LogP contribution in [-0.4, -0.2) is 88.7 Å². The molecule has 0 atom stereocenters. The molecule has 6 heavy (non-hydrogen) atoms. The summed E-state index contributed by atoms with van der Waals surface area (Å²) in [5.41, 5.74) is 0. The van der Waals surface area contributed by atoms with E-state index in [1.807, 2.05) is 0 Å². The van der Waals surface area contributed by atoms with Crippen LogP contribution in [0.3, 0.4) is 0 Å². The van der Waals surface area contributed by atoms with Gasteiger partial charge in [0.2, 0.25) is 0 Å². The molecule has 0 aromatic carbocycles. The van der Waals surface area contributed by atoms with E-state index in [4.69, 9.17) is 0 Å². The second kappa shape index (κ2) is 32.5. The van der Waals surface area contributed by atoms with Gasteiger partial charge in [0.05, 0.1) is 0 Å². The van der Waals surface area contributed by atoms with Crippen LogP contribution < -0.4 is 0 Å². The van der Waals surface area contributed by atoms with Gasteiger partial charge in [0.15, 0.2) is 0 Å². The van der Waals surface area contributed by atoms with Crippen LogP contribution in [0.15, 0.2) is 0 Å². The number of rotatable bonds is 0. The van der Waals surface area contributed by atoms with Crippen molar-refractivity contribution in [1.82, 2.24) is 0 Å². The molecular formula is H5CeCl2Na3. The summed E-state index contributed by atoms with van der Waals surface area (Å²) in [5.74, 6) is 0. The summed E-state index contributed by atoms with van der Waals surface area (Å²) in [4.78, 5) is 0. The third-order valence-electron chi connectivity index (χ3n) is 0. The van der Waals surface area contributed by atoms with Crippen molar-refractivity contribution in [2.75, 3.05) is 0 Å². The number of halogens is 2. The predicted octanol–water partition coefficient (Wildman–Crippen LogP) is -1.10. The predicted molar refractivity (Wildman–Crippen MR) is 35.9 cm³/mol. The molecule has 0 N–H and O–H groups in total. The van der Waals surface area contributed by atoms with Gasteiger partial charge in [-0.15, -0.1) is 24.8 Å². The zero-order valence-electron chi connectivity index (χ0n) is 1.32. The van der Waals surface area contributed by atoms with Gasteiger partial charge in [0.25, 0.3) is 0 Å². The van der Waals surface area contributed by atoms with Gasteiger partial charge in [-0.2, -0.15) is 0 Å². The fourth-order valence-corrected chi connectivity index (χ4v) is 0. The van der Waals surface area contributed by atoms with Gasteiger partial charge in [-0.1, -0.05) is 0 Å². The average Bonchev–Trinajstić information content (AvgIpc) is 0. The van der Waals surface area contributed by atoms with Crippen LogP contribution in [-0.2, 0) is 0 Å². The second-order valence-electron chi connectivity index (χ2n) is 0. The van der Waals surface area contributed by atoms with Crippen molar-refractivity contribution >= 4 is 113 Å². The fraction of sp³-hybridized carbons (Fsp3) is 0. The summed E-state index contributed by atoms with van der Waals surface area (Å²) in [6.07, 6.45) is 0. The molecular weight excluding hydrogens is 280 g/mol. The summed E-state index contributed by atoms with van der Waals surface area (Å²) in [6.45, 7) is 0. The minimum absolute atomic E-state index is 0. The van der Waals surface area contributed by atoms with Gasteiger partial charge in [-0.05, 0) is 0 Å². The SMILES string of the molecule is Cl.Cl.[Ce].[NaH].[NaH].[NaH]. The Morgan fingerprint density at radius 2 is 0.500 bits per heavy atom. The second-order valence-corrected chi connectivity index (χ2v) is 0. The van der Waals surface area contributed by atoms with Crippen molar-refractivity contribution in [1.29, 1.82) is 0 Å². The molecule has 0 aromatic rings. The molecule has 0 rings (SSSR count). The van der Waals surface area contributed by atoms with Gasteiger partial charge in [-0.3, -0.25) is 0 Å². The Balaban J connectivity index is 0. The van der Waals surface area contributed by atoms with Crippen LogP contribution in [0.2, 0.25) is 0 Å². The third kappa shape index (κ3) is 23.1. The van der Waals surface area contributed by atoms with Crippen LogP contribution >= 0.6 is 24.8 Å². The van der Waals surface area contributed by atoms with E-state index in [1.54, 1.807) is 0 Å². The van der Waals surface area contributed by atoms with Gasteiger partial charge in [-0.25, -0.2) is 0 Å². The van der Waals surface area contributed by atoms with Gasteiger partial charge >= 0.3 is 88.7 Å². The van der Waals surface area contributed by atoms with Crippen LogP contribution in [0.4, 0.5) is 0 Å². The molecule has 0 aliphatic heterocycles. The summed E-state index contributed by atoms with van der Waals surface area (Å²) < 4.78 is 0. The normalized spacial score (nSPS) is 0. The third-order valence-corrected chi connectivity index (χ3v) is 0. The molecule has 0 spiro atoms. The molecule has 0 amide bonds. The fourth-order valence-electron chi connectivity index (χ4n) is 0. The Hall–Kier alpha value is 4.96. The van der Waals surface area contributed by atoms with Crippen LogP contribution in [0.5, 0.6) is 0 Å². The minimum atomic E-state index is 0. The first-order chi connectivity index (χ1) is 0. The Labute approximate surface area is 151 Å². The molecule has 0 saturated heterocycles. The molecule has 0 aliphatic rings. The van der Waals surface area contributed by atoms with E-state index in [0.717, 1.165) is 0 Å². The summed E-state index contributed by atoms with van der Waals surface area (Å²) in [6, 6.07) is 0. The van der Waals surface area contributed by atoms with Crippen LogP contribution in [0.25, 0.3) is 0 Å². The monoisotopic (exact) mass is 284 g/mol. The van der Waals surface area contributed by atoms with E-state index in [-0.39, 0.29) is 155 Å². The van der Waals surface area contributed by atoms with E-state index in [0.29, 0.717) is 0 Å². The summed E-state index contributed by atoms with van der Waals surface area (Å²) >= 11 is 0. The quantitative estimate of drug-likeness (QED) is 0.496. The van der Waals surface area contributed by atoms with Crippen molar-refractivity contribution in [3.63, 3.8) is 0 Å². The zero-order chi connectivity index (χ0) is 0. The van der Waals surface area contributed by atoms with Crippen molar-refractivity contribution in [2.45, 2.75) is 0 Å². The van der Waals surface area contributed by atoms with E-state index >= 15 is 0 Å². The molecule has 0 heterocycles. The Kier molecular flexibility index (Phi) is 240. The van der Waals surface area contributed by atoms with Crippen LogP contribution in [0.1, 0.15) is 0 Å². The average molecular weight is 285 g/mol. The van der Waals surface area contributed by atoms with E-state index < -0.39 is 0 Å². The van der Waals surface area contributed by atoms with Gasteiger partial charge in [0.1, 0.15) is 0 Å². The zero-order valence-corrected chi connectivity index (χ0v) is 6.09. The van der Waals surface area contributed by atoms with E-state index in [1.165, 1.54) is 0 Å². The van der Waals surface area contributed by atoms with Crippen LogP contribution in [0, 0.1) is 41.7 Å². The van der Waals surface area contributed by atoms with Gasteiger partial charge < -0.3 is 0 Å². The first-order valence-electron chi connectivity index (χ1n) is 0. The molecule has 0 nitrogen and oxygen atoms in total.